The van der Waals surface area contributed by atoms with E-state index in [1.54, 1.807) is 17.3 Å². The van der Waals surface area contributed by atoms with Gasteiger partial charge in [-0.25, -0.2) is 4.79 Å². The van der Waals surface area contributed by atoms with Crippen LogP contribution in [0.25, 0.3) is 0 Å². The number of anilines is 1. The fraction of sp³-hybridized carbons (Fsp3) is 0.250. The molecule has 124 valence electrons. The predicted molar refractivity (Wildman–Crippen MR) is 90.0 cm³/mol. The molecule has 1 aliphatic heterocycles. The number of carbonyl (C=O) groups excluding carboxylic acids is 1. The molecule has 1 aromatic heterocycles. The highest BCUT2D eigenvalue weighted by Gasteiger charge is 2.30. The number of hydrogen-bond donors (Lipinski definition) is 1. The highest BCUT2D eigenvalue weighted by Crippen LogP contribution is 2.33. The van der Waals surface area contributed by atoms with E-state index in [2.05, 4.69) is 10.3 Å². The zero-order valence-electron chi connectivity index (χ0n) is 12.7. The number of nitrogens with one attached hydrogen (secondary N) is 1. The number of amides is 2. The summed E-state index contributed by atoms with van der Waals surface area (Å²) in [5, 5.41) is 13.6. The standard InChI is InChI=1S/C16H15ClN4O3/c17-13-10-12(21(23)24)3-4-14(13)19-16(22)20-9-1-2-15(20)11-5-7-18-8-6-11/h3-8,10,15H,1-2,9H2,(H,19,22)/t15-/m0/s1. The van der Waals surface area contributed by atoms with E-state index in [4.69, 9.17) is 11.6 Å². The molecule has 3 rings (SSSR count). The summed E-state index contributed by atoms with van der Waals surface area (Å²) in [5.74, 6) is 0. The molecule has 0 radical (unpaired) electrons. The van der Waals surface area contributed by atoms with Gasteiger partial charge in [0, 0.05) is 31.1 Å². The molecule has 1 atom stereocenters. The van der Waals surface area contributed by atoms with Crippen LogP contribution in [0.3, 0.4) is 0 Å². The minimum Gasteiger partial charge on any atom is -0.317 e. The summed E-state index contributed by atoms with van der Waals surface area (Å²) >= 11 is 6.03. The topological polar surface area (TPSA) is 88.4 Å². The third kappa shape index (κ3) is 3.30. The molecular formula is C16H15ClN4O3. The van der Waals surface area contributed by atoms with E-state index in [0.29, 0.717) is 12.2 Å². The van der Waals surface area contributed by atoms with E-state index < -0.39 is 4.92 Å². The summed E-state index contributed by atoms with van der Waals surface area (Å²) in [5.41, 5.74) is 1.27. The predicted octanol–water partition coefficient (Wildman–Crippen LogP) is 4.01. The molecule has 0 unspecified atom stereocenters. The summed E-state index contributed by atoms with van der Waals surface area (Å²) in [6.07, 6.45) is 5.20. The average molecular weight is 347 g/mol. The van der Waals surface area contributed by atoms with E-state index in [-0.39, 0.29) is 22.8 Å². The molecule has 1 N–H and O–H groups in total. The zero-order chi connectivity index (χ0) is 17.1. The van der Waals surface area contributed by atoms with Gasteiger partial charge in [-0.1, -0.05) is 11.6 Å². The number of nitrogens with zero attached hydrogens (tertiary/aromatic N) is 3. The fourth-order valence-corrected chi connectivity index (χ4v) is 3.07. The van der Waals surface area contributed by atoms with Crippen molar-refractivity contribution in [1.29, 1.82) is 0 Å². The zero-order valence-corrected chi connectivity index (χ0v) is 13.4. The molecule has 2 heterocycles. The van der Waals surface area contributed by atoms with Crippen molar-refractivity contribution in [3.05, 3.63) is 63.4 Å². The minimum atomic E-state index is -0.530. The molecule has 0 bridgehead atoms. The first-order valence-electron chi connectivity index (χ1n) is 7.48. The van der Waals surface area contributed by atoms with Gasteiger partial charge in [-0.15, -0.1) is 0 Å². The van der Waals surface area contributed by atoms with Crippen LogP contribution in [-0.2, 0) is 0 Å². The highest BCUT2D eigenvalue weighted by atomic mass is 35.5. The van der Waals surface area contributed by atoms with Crippen LogP contribution < -0.4 is 5.32 Å². The summed E-state index contributed by atoms with van der Waals surface area (Å²) in [4.78, 5) is 28.5. The lowest BCUT2D eigenvalue weighted by molar-refractivity contribution is -0.384. The lowest BCUT2D eigenvalue weighted by Crippen LogP contribution is -2.34. The Balaban J connectivity index is 1.76. The van der Waals surface area contributed by atoms with E-state index in [9.17, 15) is 14.9 Å². The van der Waals surface area contributed by atoms with Crippen molar-refractivity contribution >= 4 is 29.0 Å². The van der Waals surface area contributed by atoms with Crippen LogP contribution in [0.5, 0.6) is 0 Å². The van der Waals surface area contributed by atoms with Crippen LogP contribution in [0.2, 0.25) is 5.02 Å². The molecule has 2 amide bonds. The Morgan fingerprint density at radius 1 is 1.33 bits per heavy atom. The molecule has 1 aromatic carbocycles. The molecule has 2 aromatic rings. The minimum absolute atomic E-state index is 0.00942. The second-order valence-corrected chi connectivity index (χ2v) is 5.89. The van der Waals surface area contributed by atoms with Crippen molar-refractivity contribution in [2.24, 2.45) is 0 Å². The Bertz CT molecular complexity index is 769. The fourth-order valence-electron chi connectivity index (χ4n) is 2.85. The van der Waals surface area contributed by atoms with Crippen LogP contribution in [0, 0.1) is 10.1 Å². The molecule has 0 saturated carbocycles. The first-order chi connectivity index (χ1) is 11.6. The van der Waals surface area contributed by atoms with Gasteiger partial charge in [-0.05, 0) is 36.6 Å². The summed E-state index contributed by atoms with van der Waals surface area (Å²) < 4.78 is 0. The second kappa shape index (κ2) is 6.84. The number of nitro groups is 1. The SMILES string of the molecule is O=C(Nc1ccc([N+](=O)[O-])cc1Cl)N1CCC[C@H]1c1ccncc1. The van der Waals surface area contributed by atoms with Crippen molar-refractivity contribution in [2.75, 3.05) is 11.9 Å². The average Bonchev–Trinajstić information content (AvgIpc) is 3.07. The smallest absolute Gasteiger partial charge is 0.317 e. The van der Waals surface area contributed by atoms with Crippen molar-refractivity contribution in [2.45, 2.75) is 18.9 Å². The summed E-state index contributed by atoms with van der Waals surface area (Å²) in [6, 6.07) is 7.49. The number of halogens is 1. The summed E-state index contributed by atoms with van der Waals surface area (Å²) in [6.45, 7) is 0.642. The van der Waals surface area contributed by atoms with Crippen LogP contribution in [0.1, 0.15) is 24.4 Å². The van der Waals surface area contributed by atoms with Crippen LogP contribution >= 0.6 is 11.6 Å². The number of likely N-dealkylation sites (tertiary alicyclic amines) is 1. The highest BCUT2D eigenvalue weighted by molar-refractivity contribution is 6.33. The molecule has 1 aliphatic rings. The maximum Gasteiger partial charge on any atom is 0.322 e. The van der Waals surface area contributed by atoms with E-state index in [1.807, 2.05) is 12.1 Å². The Morgan fingerprint density at radius 3 is 2.75 bits per heavy atom. The Morgan fingerprint density at radius 2 is 2.08 bits per heavy atom. The molecular weight excluding hydrogens is 332 g/mol. The first-order valence-corrected chi connectivity index (χ1v) is 7.85. The number of pyridine rings is 1. The second-order valence-electron chi connectivity index (χ2n) is 5.48. The van der Waals surface area contributed by atoms with Gasteiger partial charge < -0.3 is 10.2 Å². The van der Waals surface area contributed by atoms with Gasteiger partial charge in [-0.3, -0.25) is 15.1 Å². The number of rotatable bonds is 3. The van der Waals surface area contributed by atoms with Crippen molar-refractivity contribution < 1.29 is 9.72 Å². The van der Waals surface area contributed by atoms with E-state index >= 15 is 0 Å². The molecule has 8 heteroatoms. The quantitative estimate of drug-likeness (QED) is 0.671. The van der Waals surface area contributed by atoms with E-state index in [1.165, 1.54) is 18.2 Å². The van der Waals surface area contributed by atoms with Gasteiger partial charge in [-0.2, -0.15) is 0 Å². The maximum atomic E-state index is 12.6. The number of hydrogen-bond acceptors (Lipinski definition) is 4. The Hall–Kier alpha value is -2.67. The summed E-state index contributed by atoms with van der Waals surface area (Å²) in [7, 11) is 0. The van der Waals surface area contributed by atoms with Crippen LogP contribution in [0.4, 0.5) is 16.2 Å². The van der Waals surface area contributed by atoms with Gasteiger partial charge in [0.2, 0.25) is 0 Å². The molecule has 0 aliphatic carbocycles. The Labute approximate surface area is 143 Å². The van der Waals surface area contributed by atoms with Crippen molar-refractivity contribution in [3.63, 3.8) is 0 Å². The van der Waals surface area contributed by atoms with Gasteiger partial charge in [0.25, 0.3) is 5.69 Å². The van der Waals surface area contributed by atoms with Gasteiger partial charge >= 0.3 is 6.03 Å². The Kier molecular flexibility index (Phi) is 4.61. The molecule has 0 spiro atoms. The third-order valence-electron chi connectivity index (χ3n) is 4.01. The van der Waals surface area contributed by atoms with Gasteiger partial charge in [0.15, 0.2) is 0 Å². The van der Waals surface area contributed by atoms with E-state index in [0.717, 1.165) is 18.4 Å². The first kappa shape index (κ1) is 16.2. The maximum absolute atomic E-state index is 12.6. The number of benzene rings is 1. The molecule has 1 fully saturated rings. The number of aromatic nitrogens is 1. The number of nitro benzene ring substituents is 1. The van der Waals surface area contributed by atoms with Crippen LogP contribution in [0.15, 0.2) is 42.7 Å². The van der Waals surface area contributed by atoms with Crippen molar-refractivity contribution in [1.82, 2.24) is 9.88 Å². The largest absolute Gasteiger partial charge is 0.322 e. The van der Waals surface area contributed by atoms with Crippen molar-refractivity contribution in [3.8, 4) is 0 Å². The monoisotopic (exact) mass is 346 g/mol. The molecule has 24 heavy (non-hydrogen) atoms. The number of urea groups is 1. The number of non-ortho nitro benzene ring substituents is 1. The van der Waals surface area contributed by atoms with Gasteiger partial charge in [0.1, 0.15) is 0 Å². The number of carbonyl (C=O) groups is 1. The normalized spacial score (nSPS) is 16.9. The lowest BCUT2D eigenvalue weighted by atomic mass is 10.1. The third-order valence-corrected chi connectivity index (χ3v) is 4.32. The van der Waals surface area contributed by atoms with Gasteiger partial charge in [0.05, 0.1) is 21.7 Å². The molecule has 1 saturated heterocycles. The lowest BCUT2D eigenvalue weighted by Gasteiger charge is -2.25. The molecule has 7 nitrogen and oxygen atoms in total. The van der Waals surface area contributed by atoms with Crippen LogP contribution in [-0.4, -0.2) is 27.4 Å².